The molecular formula is C26H25F8N5O3. The Hall–Kier alpha value is -3.82. The number of amides is 2. The number of benzene rings is 1. The number of carbonyl (C=O) groups is 2. The van der Waals surface area contributed by atoms with Crippen LogP contribution in [0, 0.1) is 11.8 Å². The minimum atomic E-state index is -5.73. The molecule has 1 saturated carbocycles. The predicted octanol–water partition coefficient (Wildman–Crippen LogP) is 5.26. The first-order valence-corrected chi connectivity index (χ1v) is 12.7. The molecule has 42 heavy (non-hydrogen) atoms. The van der Waals surface area contributed by atoms with Crippen molar-refractivity contribution in [2.45, 2.75) is 62.6 Å². The van der Waals surface area contributed by atoms with Gasteiger partial charge in [0.1, 0.15) is 0 Å². The van der Waals surface area contributed by atoms with Crippen molar-refractivity contribution in [1.29, 1.82) is 0 Å². The Kier molecular flexibility index (Phi) is 8.76. The second kappa shape index (κ2) is 11.8. The highest BCUT2D eigenvalue weighted by molar-refractivity contribution is 5.94. The molecule has 1 aromatic carbocycles. The smallest absolute Gasteiger partial charge is 0.369 e. The minimum absolute atomic E-state index is 0.0411. The zero-order valence-electron chi connectivity index (χ0n) is 21.6. The van der Waals surface area contributed by atoms with Gasteiger partial charge in [0, 0.05) is 30.4 Å². The summed E-state index contributed by atoms with van der Waals surface area (Å²) in [5, 5.41) is 18.8. The number of alkyl halides is 8. The van der Waals surface area contributed by atoms with E-state index in [1.54, 1.807) is 35.6 Å². The third-order valence-electron chi connectivity index (χ3n) is 7.03. The van der Waals surface area contributed by atoms with Crippen molar-refractivity contribution in [3.05, 3.63) is 65.6 Å². The van der Waals surface area contributed by atoms with Crippen LogP contribution in [0.3, 0.4) is 0 Å². The van der Waals surface area contributed by atoms with Gasteiger partial charge in [0.25, 0.3) is 5.91 Å². The van der Waals surface area contributed by atoms with E-state index in [9.17, 15) is 49.8 Å². The number of fused-ring (bicyclic) bond motifs is 1. The lowest BCUT2D eigenvalue weighted by atomic mass is 9.81. The molecule has 1 fully saturated rings. The van der Waals surface area contributed by atoms with Crippen LogP contribution in [-0.2, 0) is 4.79 Å². The first-order valence-electron chi connectivity index (χ1n) is 12.7. The fourth-order valence-electron chi connectivity index (χ4n) is 4.75. The zero-order chi connectivity index (χ0) is 30.9. The Labute approximate surface area is 233 Å². The molecule has 0 spiro atoms. The second-order valence-corrected chi connectivity index (χ2v) is 10.1. The lowest BCUT2D eigenvalue weighted by Crippen LogP contribution is -2.41. The minimum Gasteiger partial charge on any atom is -0.369 e. The van der Waals surface area contributed by atoms with E-state index in [4.69, 9.17) is 0 Å². The van der Waals surface area contributed by atoms with E-state index < -0.39 is 60.6 Å². The number of rotatable bonds is 8. The molecular weight excluding hydrogens is 582 g/mol. The first-order chi connectivity index (χ1) is 19.5. The van der Waals surface area contributed by atoms with Crippen LogP contribution in [0.5, 0.6) is 0 Å². The van der Waals surface area contributed by atoms with Gasteiger partial charge in [-0.2, -0.15) is 31.4 Å². The van der Waals surface area contributed by atoms with E-state index >= 15 is 0 Å². The fourth-order valence-corrected chi connectivity index (χ4v) is 4.75. The summed E-state index contributed by atoms with van der Waals surface area (Å²) in [7, 11) is 0. The SMILES string of the molecule is O=C(CC(C(F)(F)F)C(F)(F)F)N[C@H](O)c1cnn2cc([C@@H](NC(=O)c3ccccc3)C3CCC(F)(F)CC3)nc2c1. The number of carbonyl (C=O) groups excluding carboxylic acids is 2. The van der Waals surface area contributed by atoms with Crippen LogP contribution < -0.4 is 10.6 Å². The Morgan fingerprint density at radius 3 is 2.24 bits per heavy atom. The third-order valence-corrected chi connectivity index (χ3v) is 7.03. The summed E-state index contributed by atoms with van der Waals surface area (Å²) in [5.74, 6) is -9.35. The summed E-state index contributed by atoms with van der Waals surface area (Å²) in [5.41, 5.74) is 0.408. The van der Waals surface area contributed by atoms with Gasteiger partial charge < -0.3 is 15.7 Å². The van der Waals surface area contributed by atoms with E-state index in [0.717, 1.165) is 6.20 Å². The monoisotopic (exact) mass is 607 g/mol. The highest BCUT2D eigenvalue weighted by atomic mass is 19.4. The maximum atomic E-state index is 13.9. The van der Waals surface area contributed by atoms with Crippen molar-refractivity contribution in [2.75, 3.05) is 0 Å². The molecule has 0 aliphatic heterocycles. The number of halogens is 8. The summed E-state index contributed by atoms with van der Waals surface area (Å²) in [6.45, 7) is 0. The van der Waals surface area contributed by atoms with Crippen LogP contribution in [0.1, 0.15) is 66.0 Å². The van der Waals surface area contributed by atoms with Gasteiger partial charge in [-0.05, 0) is 37.0 Å². The van der Waals surface area contributed by atoms with Crippen molar-refractivity contribution < 1.29 is 49.8 Å². The Balaban J connectivity index is 1.54. The van der Waals surface area contributed by atoms with Crippen molar-refractivity contribution in [3.63, 3.8) is 0 Å². The molecule has 1 aliphatic rings. The van der Waals surface area contributed by atoms with Crippen LogP contribution in [0.25, 0.3) is 5.65 Å². The summed E-state index contributed by atoms with van der Waals surface area (Å²) in [6, 6.07) is 8.52. The third kappa shape index (κ3) is 7.52. The Morgan fingerprint density at radius 1 is 1.02 bits per heavy atom. The normalized spacial score (nSPS) is 17.7. The lowest BCUT2D eigenvalue weighted by molar-refractivity contribution is -0.284. The number of nitrogens with zero attached hydrogens (tertiary/aromatic N) is 3. The van der Waals surface area contributed by atoms with Gasteiger partial charge in [-0.25, -0.2) is 18.3 Å². The topological polar surface area (TPSA) is 109 Å². The summed E-state index contributed by atoms with van der Waals surface area (Å²) >= 11 is 0. The van der Waals surface area contributed by atoms with Crippen molar-refractivity contribution in [1.82, 2.24) is 25.2 Å². The van der Waals surface area contributed by atoms with Crippen molar-refractivity contribution in [2.24, 2.45) is 11.8 Å². The van der Waals surface area contributed by atoms with Gasteiger partial charge >= 0.3 is 12.4 Å². The predicted molar refractivity (Wildman–Crippen MR) is 130 cm³/mol. The number of nitrogens with one attached hydrogen (secondary N) is 2. The number of hydrogen-bond donors (Lipinski definition) is 3. The Morgan fingerprint density at radius 2 is 1.64 bits per heavy atom. The molecule has 2 atom stereocenters. The fraction of sp³-hybridized carbons (Fsp3) is 0.462. The molecule has 8 nitrogen and oxygen atoms in total. The molecule has 228 valence electrons. The van der Waals surface area contributed by atoms with Gasteiger partial charge in [-0.15, -0.1) is 0 Å². The molecule has 16 heteroatoms. The first kappa shape index (κ1) is 31.1. The van der Waals surface area contributed by atoms with E-state index in [1.807, 2.05) is 0 Å². The molecule has 2 aromatic heterocycles. The standard InChI is InChI=1S/C26H25F8N5O3/c27-24(28)8-6-14(7-9-24)21(38-22(41)15-4-2-1-3-5-15)17-13-39-19(36-17)10-16(12-35-39)23(42)37-20(40)11-18(25(29,30)31)26(32,33)34/h1-5,10,12-14,18,21,23,42H,6-9,11H2,(H,37,40)(H,38,41)/t21-,23+/m0/s1. The molecule has 0 radical (unpaired) electrons. The van der Waals surface area contributed by atoms with Crippen molar-refractivity contribution >= 4 is 17.5 Å². The molecule has 0 unspecified atom stereocenters. The number of hydrogen-bond acceptors (Lipinski definition) is 5. The summed E-state index contributed by atoms with van der Waals surface area (Å²) in [6.07, 6.45) is -13.6. The quantitative estimate of drug-likeness (QED) is 0.239. The van der Waals surface area contributed by atoms with Crippen LogP contribution in [0.4, 0.5) is 35.1 Å². The lowest BCUT2D eigenvalue weighted by Gasteiger charge is -2.33. The Bertz CT molecular complexity index is 1390. The summed E-state index contributed by atoms with van der Waals surface area (Å²) in [4.78, 5) is 29.2. The molecule has 1 aliphatic carbocycles. The molecule has 2 amide bonds. The van der Waals surface area contributed by atoms with Gasteiger partial charge in [-0.3, -0.25) is 9.59 Å². The van der Waals surface area contributed by atoms with Gasteiger partial charge in [0.2, 0.25) is 11.8 Å². The maximum absolute atomic E-state index is 13.9. The number of aliphatic hydroxyl groups is 1. The molecule has 4 rings (SSSR count). The average molecular weight is 608 g/mol. The number of imidazole rings is 1. The van der Waals surface area contributed by atoms with E-state index in [1.165, 1.54) is 16.8 Å². The highest BCUT2D eigenvalue weighted by Crippen LogP contribution is 2.42. The van der Waals surface area contributed by atoms with Crippen LogP contribution in [0.15, 0.2) is 48.8 Å². The van der Waals surface area contributed by atoms with E-state index in [2.05, 4.69) is 15.4 Å². The maximum Gasteiger partial charge on any atom is 0.400 e. The van der Waals surface area contributed by atoms with Gasteiger partial charge in [0.05, 0.1) is 24.1 Å². The van der Waals surface area contributed by atoms with Crippen LogP contribution in [0.2, 0.25) is 0 Å². The second-order valence-electron chi connectivity index (χ2n) is 10.1. The van der Waals surface area contributed by atoms with Crippen molar-refractivity contribution in [3.8, 4) is 0 Å². The van der Waals surface area contributed by atoms with Crippen LogP contribution >= 0.6 is 0 Å². The molecule has 3 aromatic rings. The van der Waals surface area contributed by atoms with Gasteiger partial charge in [-0.1, -0.05) is 18.2 Å². The van der Waals surface area contributed by atoms with Gasteiger partial charge in [0.15, 0.2) is 17.8 Å². The van der Waals surface area contributed by atoms with Crippen LogP contribution in [-0.4, -0.2) is 49.8 Å². The number of aliphatic hydroxyl groups excluding tert-OH is 1. The largest absolute Gasteiger partial charge is 0.400 e. The molecule has 3 N–H and O–H groups in total. The molecule has 0 bridgehead atoms. The highest BCUT2D eigenvalue weighted by Gasteiger charge is 2.57. The number of aromatic nitrogens is 3. The molecule has 2 heterocycles. The summed E-state index contributed by atoms with van der Waals surface area (Å²) < 4.78 is 106. The van der Waals surface area contributed by atoms with E-state index in [0.29, 0.717) is 5.56 Å². The van der Waals surface area contributed by atoms with E-state index in [-0.39, 0.29) is 42.6 Å². The zero-order valence-corrected chi connectivity index (χ0v) is 21.6. The average Bonchev–Trinajstić information content (AvgIpc) is 3.33. The molecule has 0 saturated heterocycles.